The van der Waals surface area contributed by atoms with E-state index in [1.54, 1.807) is 0 Å². The molecular weight excluding hydrogens is 288 g/mol. The normalized spacial score (nSPS) is 11.1. The summed E-state index contributed by atoms with van der Waals surface area (Å²) in [5.41, 5.74) is -0.00612. The Balaban J connectivity index is 2.14. The summed E-state index contributed by atoms with van der Waals surface area (Å²) >= 11 is 0. The molecule has 0 aliphatic rings. The number of benzene rings is 1. The molecule has 0 saturated carbocycles. The molecule has 6 heteroatoms. The number of anilines is 2. The average Bonchev–Trinajstić information content (AvgIpc) is 2.42. The fourth-order valence-corrected chi connectivity index (χ4v) is 1.77. The lowest BCUT2D eigenvalue weighted by molar-refractivity contribution is 0.0914. The molecule has 1 aromatic heterocycles. The number of aromatic nitrogens is 1. The van der Waals surface area contributed by atoms with Crippen LogP contribution in [0, 0.1) is 11.6 Å². The monoisotopic (exact) mass is 305 g/mol. The van der Waals surface area contributed by atoms with Crippen LogP contribution in [0.1, 0.15) is 31.3 Å². The van der Waals surface area contributed by atoms with Gasteiger partial charge in [-0.1, -0.05) is 6.07 Å². The SMILES string of the molecule is CC(C)(C)NC(=O)c1ccc(Nc2c(F)cccc2F)cn1. The number of hydrogen-bond donors (Lipinski definition) is 2. The van der Waals surface area contributed by atoms with Crippen LogP contribution in [-0.4, -0.2) is 16.4 Å². The summed E-state index contributed by atoms with van der Waals surface area (Å²) in [6, 6.07) is 6.63. The van der Waals surface area contributed by atoms with Gasteiger partial charge >= 0.3 is 0 Å². The van der Waals surface area contributed by atoms with Gasteiger partial charge in [0.25, 0.3) is 5.91 Å². The molecule has 0 spiro atoms. The number of pyridine rings is 1. The molecule has 2 N–H and O–H groups in total. The quantitative estimate of drug-likeness (QED) is 0.910. The van der Waals surface area contributed by atoms with Crippen molar-refractivity contribution in [2.24, 2.45) is 0 Å². The maximum atomic E-state index is 13.5. The largest absolute Gasteiger partial charge is 0.349 e. The fourth-order valence-electron chi connectivity index (χ4n) is 1.77. The van der Waals surface area contributed by atoms with E-state index in [2.05, 4.69) is 15.6 Å². The summed E-state index contributed by atoms with van der Waals surface area (Å²) in [6.45, 7) is 5.59. The van der Waals surface area contributed by atoms with E-state index >= 15 is 0 Å². The highest BCUT2D eigenvalue weighted by Crippen LogP contribution is 2.22. The summed E-state index contributed by atoms with van der Waals surface area (Å²) in [7, 11) is 0. The summed E-state index contributed by atoms with van der Waals surface area (Å²) in [6.07, 6.45) is 1.35. The third-order valence-corrected chi connectivity index (χ3v) is 2.72. The molecule has 1 amide bonds. The Hall–Kier alpha value is -2.50. The van der Waals surface area contributed by atoms with Crippen LogP contribution in [0.2, 0.25) is 0 Å². The van der Waals surface area contributed by atoms with Crippen molar-refractivity contribution >= 4 is 17.3 Å². The van der Waals surface area contributed by atoms with Gasteiger partial charge in [0.05, 0.1) is 11.9 Å². The first-order valence-corrected chi connectivity index (χ1v) is 6.76. The maximum Gasteiger partial charge on any atom is 0.270 e. The van der Waals surface area contributed by atoms with Crippen LogP contribution in [0.4, 0.5) is 20.2 Å². The fraction of sp³-hybridized carbons (Fsp3) is 0.250. The van der Waals surface area contributed by atoms with Crippen molar-refractivity contribution in [2.45, 2.75) is 26.3 Å². The van der Waals surface area contributed by atoms with Gasteiger partial charge in [-0.3, -0.25) is 4.79 Å². The highest BCUT2D eigenvalue weighted by Gasteiger charge is 2.16. The molecule has 0 bridgehead atoms. The average molecular weight is 305 g/mol. The molecule has 0 atom stereocenters. The van der Waals surface area contributed by atoms with Crippen LogP contribution < -0.4 is 10.6 Å². The number of nitrogens with zero attached hydrogens (tertiary/aromatic N) is 1. The van der Waals surface area contributed by atoms with Crippen LogP contribution in [0.25, 0.3) is 0 Å². The zero-order valence-corrected chi connectivity index (χ0v) is 12.6. The van der Waals surface area contributed by atoms with Crippen LogP contribution in [0.15, 0.2) is 36.5 Å². The van der Waals surface area contributed by atoms with Gasteiger partial charge in [-0.2, -0.15) is 0 Å². The predicted molar refractivity (Wildman–Crippen MR) is 81.1 cm³/mol. The van der Waals surface area contributed by atoms with Crippen molar-refractivity contribution in [2.75, 3.05) is 5.32 Å². The van der Waals surface area contributed by atoms with Gasteiger partial charge in [0.2, 0.25) is 0 Å². The lowest BCUT2D eigenvalue weighted by Gasteiger charge is -2.20. The summed E-state index contributed by atoms with van der Waals surface area (Å²) in [4.78, 5) is 15.9. The molecule has 22 heavy (non-hydrogen) atoms. The molecule has 116 valence electrons. The molecule has 0 saturated heterocycles. The second-order valence-corrected chi connectivity index (χ2v) is 5.86. The van der Waals surface area contributed by atoms with Crippen LogP contribution in [0.3, 0.4) is 0 Å². The lowest BCUT2D eigenvalue weighted by Crippen LogP contribution is -2.40. The molecule has 0 aliphatic carbocycles. The first-order valence-electron chi connectivity index (χ1n) is 6.76. The molecule has 0 aliphatic heterocycles. The third kappa shape index (κ3) is 4.00. The van der Waals surface area contributed by atoms with E-state index in [9.17, 15) is 13.6 Å². The number of halogens is 2. The van der Waals surface area contributed by atoms with Crippen molar-refractivity contribution in [3.8, 4) is 0 Å². The summed E-state index contributed by atoms with van der Waals surface area (Å²) in [5, 5.41) is 5.39. The van der Waals surface area contributed by atoms with Gasteiger partial charge in [0, 0.05) is 5.54 Å². The number of amides is 1. The Morgan fingerprint density at radius 3 is 2.23 bits per heavy atom. The van der Waals surface area contributed by atoms with Crippen molar-refractivity contribution in [3.05, 3.63) is 53.9 Å². The van der Waals surface area contributed by atoms with E-state index in [1.165, 1.54) is 24.4 Å². The van der Waals surface area contributed by atoms with Crippen LogP contribution in [-0.2, 0) is 0 Å². The number of carbonyl (C=O) groups is 1. The van der Waals surface area contributed by atoms with Crippen molar-refractivity contribution in [1.29, 1.82) is 0 Å². The van der Waals surface area contributed by atoms with Crippen molar-refractivity contribution < 1.29 is 13.6 Å². The minimum atomic E-state index is -0.699. The number of rotatable bonds is 3. The molecular formula is C16H17F2N3O. The molecule has 2 aromatic rings. The second-order valence-electron chi connectivity index (χ2n) is 5.86. The number of para-hydroxylation sites is 1. The zero-order chi connectivity index (χ0) is 16.3. The Bertz CT molecular complexity index is 659. The number of nitrogens with one attached hydrogen (secondary N) is 2. The molecule has 0 fully saturated rings. The highest BCUT2D eigenvalue weighted by atomic mass is 19.1. The number of hydrogen-bond acceptors (Lipinski definition) is 3. The smallest absolute Gasteiger partial charge is 0.270 e. The van der Waals surface area contributed by atoms with Crippen LogP contribution in [0.5, 0.6) is 0 Å². The summed E-state index contributed by atoms with van der Waals surface area (Å²) in [5.74, 6) is -1.71. The summed E-state index contributed by atoms with van der Waals surface area (Å²) < 4.78 is 27.1. The van der Waals surface area contributed by atoms with Gasteiger partial charge in [0.15, 0.2) is 0 Å². The highest BCUT2D eigenvalue weighted by molar-refractivity contribution is 5.92. The van der Waals surface area contributed by atoms with Gasteiger partial charge in [-0.05, 0) is 45.0 Å². The second kappa shape index (κ2) is 6.09. The van der Waals surface area contributed by atoms with Crippen molar-refractivity contribution in [1.82, 2.24) is 10.3 Å². The maximum absolute atomic E-state index is 13.5. The van der Waals surface area contributed by atoms with Gasteiger partial charge in [0.1, 0.15) is 23.0 Å². The van der Waals surface area contributed by atoms with E-state index in [-0.39, 0.29) is 22.8 Å². The van der Waals surface area contributed by atoms with E-state index in [4.69, 9.17) is 0 Å². The van der Waals surface area contributed by atoms with Gasteiger partial charge < -0.3 is 10.6 Å². The Labute approximate surface area is 127 Å². The molecule has 0 radical (unpaired) electrons. The minimum absolute atomic E-state index is 0.231. The van der Waals surface area contributed by atoms with E-state index in [0.717, 1.165) is 12.1 Å². The zero-order valence-electron chi connectivity index (χ0n) is 12.6. The molecule has 4 nitrogen and oxygen atoms in total. The minimum Gasteiger partial charge on any atom is -0.349 e. The third-order valence-electron chi connectivity index (χ3n) is 2.72. The lowest BCUT2D eigenvalue weighted by atomic mass is 10.1. The molecule has 1 aromatic carbocycles. The Kier molecular flexibility index (Phi) is 4.40. The standard InChI is InChI=1S/C16H17F2N3O/c1-16(2,3)21-15(22)13-8-7-10(9-19-13)20-14-11(17)5-4-6-12(14)18/h4-9,20H,1-3H3,(H,21,22). The Morgan fingerprint density at radius 1 is 1.09 bits per heavy atom. The topological polar surface area (TPSA) is 54.0 Å². The van der Waals surface area contributed by atoms with Gasteiger partial charge in [-0.25, -0.2) is 13.8 Å². The van der Waals surface area contributed by atoms with E-state index in [0.29, 0.717) is 5.69 Å². The molecule has 1 heterocycles. The Morgan fingerprint density at radius 2 is 1.73 bits per heavy atom. The molecule has 2 rings (SSSR count). The van der Waals surface area contributed by atoms with Crippen LogP contribution >= 0.6 is 0 Å². The molecule has 0 unspecified atom stereocenters. The van der Waals surface area contributed by atoms with Crippen molar-refractivity contribution in [3.63, 3.8) is 0 Å². The van der Waals surface area contributed by atoms with E-state index in [1.807, 2.05) is 20.8 Å². The predicted octanol–water partition coefficient (Wildman–Crippen LogP) is 3.63. The van der Waals surface area contributed by atoms with Gasteiger partial charge in [-0.15, -0.1) is 0 Å². The van der Waals surface area contributed by atoms with E-state index < -0.39 is 11.6 Å². The first kappa shape index (κ1) is 15.9. The number of carbonyl (C=O) groups excluding carboxylic acids is 1. The first-order chi connectivity index (χ1) is 10.3.